The second kappa shape index (κ2) is 3.93. The molecule has 15 heavy (non-hydrogen) atoms. The molecule has 0 heterocycles. The standard InChI is InChI=1S/C12H15NO2/c13-11-7-9(6-8-2-1-3-8)4-5-10(11)12(14)15/h4-5,7-8H,1-3,6,13H2,(H,14,15). The van der Waals surface area contributed by atoms with Gasteiger partial charge < -0.3 is 10.8 Å². The van der Waals surface area contributed by atoms with Gasteiger partial charge in [0, 0.05) is 5.69 Å². The molecule has 0 aromatic heterocycles. The van der Waals surface area contributed by atoms with Gasteiger partial charge in [0.05, 0.1) is 5.56 Å². The minimum Gasteiger partial charge on any atom is -0.478 e. The van der Waals surface area contributed by atoms with E-state index in [1.54, 1.807) is 12.1 Å². The number of nitrogen functional groups attached to an aromatic ring is 1. The van der Waals surface area contributed by atoms with Crippen LogP contribution in [0.2, 0.25) is 0 Å². The maximum absolute atomic E-state index is 10.7. The summed E-state index contributed by atoms with van der Waals surface area (Å²) in [6.07, 6.45) is 4.94. The van der Waals surface area contributed by atoms with E-state index in [2.05, 4.69) is 0 Å². The number of carboxylic acids is 1. The van der Waals surface area contributed by atoms with Crippen molar-refractivity contribution in [1.82, 2.24) is 0 Å². The van der Waals surface area contributed by atoms with Crippen LogP contribution in [0.4, 0.5) is 5.69 Å². The predicted molar refractivity (Wildman–Crippen MR) is 58.9 cm³/mol. The van der Waals surface area contributed by atoms with Crippen molar-refractivity contribution in [2.75, 3.05) is 5.73 Å². The van der Waals surface area contributed by atoms with Gasteiger partial charge in [0.25, 0.3) is 0 Å². The molecule has 3 nitrogen and oxygen atoms in total. The van der Waals surface area contributed by atoms with Crippen molar-refractivity contribution >= 4 is 11.7 Å². The fraction of sp³-hybridized carbons (Fsp3) is 0.417. The molecule has 1 fully saturated rings. The number of hydrogen-bond donors (Lipinski definition) is 2. The first-order valence-electron chi connectivity index (χ1n) is 5.28. The van der Waals surface area contributed by atoms with E-state index in [0.29, 0.717) is 5.69 Å². The van der Waals surface area contributed by atoms with Crippen LogP contribution in [0.25, 0.3) is 0 Å². The van der Waals surface area contributed by atoms with E-state index in [1.807, 2.05) is 6.07 Å². The van der Waals surface area contributed by atoms with Gasteiger partial charge in [0.2, 0.25) is 0 Å². The number of carboxylic acid groups (broad SMARTS) is 1. The van der Waals surface area contributed by atoms with Gasteiger partial charge in [-0.15, -0.1) is 0 Å². The van der Waals surface area contributed by atoms with Gasteiger partial charge in [-0.25, -0.2) is 4.79 Å². The molecule has 0 bridgehead atoms. The molecule has 0 atom stereocenters. The van der Waals surface area contributed by atoms with Gasteiger partial charge in [0.1, 0.15) is 0 Å². The van der Waals surface area contributed by atoms with Crippen molar-refractivity contribution in [2.24, 2.45) is 5.92 Å². The lowest BCUT2D eigenvalue weighted by molar-refractivity contribution is 0.0698. The van der Waals surface area contributed by atoms with Crippen LogP contribution in [0.3, 0.4) is 0 Å². The van der Waals surface area contributed by atoms with Gasteiger partial charge in [-0.2, -0.15) is 0 Å². The monoisotopic (exact) mass is 205 g/mol. The fourth-order valence-electron chi connectivity index (χ4n) is 1.96. The van der Waals surface area contributed by atoms with Crippen molar-refractivity contribution in [3.05, 3.63) is 29.3 Å². The molecule has 2 rings (SSSR count). The number of rotatable bonds is 3. The Morgan fingerprint density at radius 3 is 2.67 bits per heavy atom. The van der Waals surface area contributed by atoms with E-state index < -0.39 is 5.97 Å². The zero-order valence-corrected chi connectivity index (χ0v) is 8.57. The fourth-order valence-corrected chi connectivity index (χ4v) is 1.96. The van der Waals surface area contributed by atoms with Crippen LogP contribution in [0, 0.1) is 5.92 Å². The van der Waals surface area contributed by atoms with Crippen molar-refractivity contribution in [2.45, 2.75) is 25.7 Å². The van der Waals surface area contributed by atoms with Gasteiger partial charge in [-0.1, -0.05) is 25.3 Å². The van der Waals surface area contributed by atoms with Crippen molar-refractivity contribution in [3.63, 3.8) is 0 Å². The summed E-state index contributed by atoms with van der Waals surface area (Å²) < 4.78 is 0. The average molecular weight is 205 g/mol. The molecule has 80 valence electrons. The second-order valence-electron chi connectivity index (χ2n) is 4.23. The second-order valence-corrected chi connectivity index (χ2v) is 4.23. The third-order valence-electron chi connectivity index (χ3n) is 3.10. The molecular weight excluding hydrogens is 190 g/mol. The Kier molecular flexibility index (Phi) is 2.62. The molecule has 1 aromatic rings. The Morgan fingerprint density at radius 2 is 2.20 bits per heavy atom. The molecule has 1 aliphatic carbocycles. The number of anilines is 1. The van der Waals surface area contributed by atoms with E-state index in [1.165, 1.54) is 19.3 Å². The molecule has 0 spiro atoms. The zero-order chi connectivity index (χ0) is 10.8. The van der Waals surface area contributed by atoms with Crippen molar-refractivity contribution in [3.8, 4) is 0 Å². The summed E-state index contributed by atoms with van der Waals surface area (Å²) in [7, 11) is 0. The molecule has 0 radical (unpaired) electrons. The summed E-state index contributed by atoms with van der Waals surface area (Å²) in [6, 6.07) is 5.27. The van der Waals surface area contributed by atoms with Crippen LogP contribution >= 0.6 is 0 Å². The molecular formula is C12H15NO2. The first-order chi connectivity index (χ1) is 7.16. The SMILES string of the molecule is Nc1cc(CC2CCC2)ccc1C(=O)O. The summed E-state index contributed by atoms with van der Waals surface area (Å²) in [5.74, 6) is -0.178. The first-order valence-corrected chi connectivity index (χ1v) is 5.28. The van der Waals surface area contributed by atoms with Crippen molar-refractivity contribution < 1.29 is 9.90 Å². The lowest BCUT2D eigenvalue weighted by Crippen LogP contribution is -2.14. The zero-order valence-electron chi connectivity index (χ0n) is 8.57. The average Bonchev–Trinajstić information content (AvgIpc) is 2.11. The smallest absolute Gasteiger partial charge is 0.337 e. The minimum atomic E-state index is -0.956. The molecule has 0 unspecified atom stereocenters. The molecule has 3 N–H and O–H groups in total. The number of aromatic carboxylic acids is 1. The Hall–Kier alpha value is -1.51. The highest BCUT2D eigenvalue weighted by molar-refractivity contribution is 5.93. The highest BCUT2D eigenvalue weighted by atomic mass is 16.4. The van der Waals surface area contributed by atoms with E-state index in [4.69, 9.17) is 10.8 Å². The Labute approximate surface area is 88.9 Å². The predicted octanol–water partition coefficient (Wildman–Crippen LogP) is 2.31. The Morgan fingerprint density at radius 1 is 1.47 bits per heavy atom. The van der Waals surface area contributed by atoms with E-state index >= 15 is 0 Å². The third-order valence-corrected chi connectivity index (χ3v) is 3.10. The van der Waals surface area contributed by atoms with Crippen LogP contribution in [-0.4, -0.2) is 11.1 Å². The topological polar surface area (TPSA) is 63.3 Å². The molecule has 0 saturated heterocycles. The normalized spacial score (nSPS) is 16.0. The molecule has 1 aromatic carbocycles. The van der Waals surface area contributed by atoms with Crippen LogP contribution in [-0.2, 0) is 6.42 Å². The number of nitrogens with two attached hydrogens (primary N) is 1. The minimum absolute atomic E-state index is 0.201. The summed E-state index contributed by atoms with van der Waals surface area (Å²) in [5, 5.41) is 8.82. The lowest BCUT2D eigenvalue weighted by atomic mass is 9.81. The van der Waals surface area contributed by atoms with Crippen LogP contribution < -0.4 is 5.73 Å². The van der Waals surface area contributed by atoms with E-state index in [-0.39, 0.29) is 5.56 Å². The largest absolute Gasteiger partial charge is 0.478 e. The van der Waals surface area contributed by atoms with E-state index in [0.717, 1.165) is 17.9 Å². The van der Waals surface area contributed by atoms with Gasteiger partial charge in [-0.3, -0.25) is 0 Å². The van der Waals surface area contributed by atoms with Gasteiger partial charge in [-0.05, 0) is 30.0 Å². The summed E-state index contributed by atoms with van der Waals surface area (Å²) in [4.78, 5) is 10.7. The maximum atomic E-state index is 10.7. The number of benzene rings is 1. The third kappa shape index (κ3) is 2.12. The van der Waals surface area contributed by atoms with Gasteiger partial charge in [0.15, 0.2) is 0 Å². The summed E-state index contributed by atoms with van der Waals surface area (Å²) >= 11 is 0. The number of carbonyl (C=O) groups is 1. The Bertz CT molecular complexity index is 383. The van der Waals surface area contributed by atoms with Crippen molar-refractivity contribution in [1.29, 1.82) is 0 Å². The molecule has 0 amide bonds. The highest BCUT2D eigenvalue weighted by Crippen LogP contribution is 2.30. The van der Waals surface area contributed by atoms with E-state index in [9.17, 15) is 4.79 Å². The Balaban J connectivity index is 2.13. The number of hydrogen-bond acceptors (Lipinski definition) is 2. The van der Waals surface area contributed by atoms with Crippen LogP contribution in [0.1, 0.15) is 35.2 Å². The molecule has 3 heteroatoms. The maximum Gasteiger partial charge on any atom is 0.337 e. The quantitative estimate of drug-likeness (QED) is 0.744. The molecule has 1 aliphatic rings. The van der Waals surface area contributed by atoms with Gasteiger partial charge >= 0.3 is 5.97 Å². The molecule has 0 aliphatic heterocycles. The highest BCUT2D eigenvalue weighted by Gasteiger charge is 2.18. The molecule has 1 saturated carbocycles. The first kappa shape index (κ1) is 10.0. The van der Waals surface area contributed by atoms with Crippen LogP contribution in [0.5, 0.6) is 0 Å². The summed E-state index contributed by atoms with van der Waals surface area (Å²) in [5.41, 5.74) is 7.41. The lowest BCUT2D eigenvalue weighted by Gasteiger charge is -2.25. The summed E-state index contributed by atoms with van der Waals surface area (Å²) in [6.45, 7) is 0. The van der Waals surface area contributed by atoms with Crippen LogP contribution in [0.15, 0.2) is 18.2 Å².